The summed E-state index contributed by atoms with van der Waals surface area (Å²) in [7, 11) is 0.781. The van der Waals surface area contributed by atoms with Crippen LogP contribution in [0.1, 0.15) is 0 Å². The van der Waals surface area contributed by atoms with E-state index in [0.29, 0.717) is 4.90 Å². The Bertz CT molecular complexity index is 1260. The standard InChI is InChI=1S/C21H20N4O2S/c1-24(2)17-6-4-5-16(13-17)19-11-12-21-22-14-20(25(21)23-19)15-7-9-18(10-8-15)28(3,26)27/h4-14H,1-3H3. The number of benzene rings is 2. The normalized spacial score (nSPS) is 11.7. The first-order valence-corrected chi connectivity index (χ1v) is 10.6. The average Bonchev–Trinajstić information content (AvgIpc) is 3.10. The maximum atomic E-state index is 11.7. The van der Waals surface area contributed by atoms with Crippen LogP contribution in [-0.2, 0) is 9.84 Å². The number of imidazole rings is 1. The molecular formula is C21H20N4O2S. The van der Waals surface area contributed by atoms with E-state index in [0.717, 1.165) is 33.8 Å². The summed E-state index contributed by atoms with van der Waals surface area (Å²) in [6.07, 6.45) is 2.95. The van der Waals surface area contributed by atoms with Crippen molar-refractivity contribution in [1.82, 2.24) is 14.6 Å². The highest BCUT2D eigenvalue weighted by Crippen LogP contribution is 2.26. The minimum Gasteiger partial charge on any atom is -0.378 e. The van der Waals surface area contributed by atoms with Gasteiger partial charge < -0.3 is 4.90 Å². The summed E-state index contributed by atoms with van der Waals surface area (Å²) in [4.78, 5) is 6.76. The Morgan fingerprint density at radius 1 is 0.929 bits per heavy atom. The largest absolute Gasteiger partial charge is 0.378 e. The van der Waals surface area contributed by atoms with Crippen LogP contribution in [0.4, 0.5) is 5.69 Å². The van der Waals surface area contributed by atoms with Gasteiger partial charge in [0, 0.05) is 37.2 Å². The molecule has 0 spiro atoms. The maximum Gasteiger partial charge on any atom is 0.175 e. The highest BCUT2D eigenvalue weighted by Gasteiger charge is 2.12. The van der Waals surface area contributed by atoms with E-state index in [1.54, 1.807) is 35.0 Å². The third-order valence-corrected chi connectivity index (χ3v) is 5.73. The van der Waals surface area contributed by atoms with Gasteiger partial charge in [0.2, 0.25) is 0 Å². The fourth-order valence-electron chi connectivity index (χ4n) is 3.04. The molecule has 0 aliphatic rings. The molecule has 0 saturated heterocycles. The van der Waals surface area contributed by atoms with Crippen molar-refractivity contribution in [2.24, 2.45) is 0 Å². The number of hydrogen-bond donors (Lipinski definition) is 0. The van der Waals surface area contributed by atoms with Gasteiger partial charge in [-0.1, -0.05) is 24.3 Å². The second-order valence-electron chi connectivity index (χ2n) is 6.87. The number of fused-ring (bicyclic) bond motifs is 1. The number of sulfone groups is 1. The van der Waals surface area contributed by atoms with Gasteiger partial charge in [0.1, 0.15) is 0 Å². The van der Waals surface area contributed by atoms with Gasteiger partial charge in [-0.05, 0) is 36.4 Å². The summed E-state index contributed by atoms with van der Waals surface area (Å²) in [6, 6.07) is 18.8. The molecular weight excluding hydrogens is 372 g/mol. The van der Waals surface area contributed by atoms with Gasteiger partial charge in [-0.15, -0.1) is 0 Å². The van der Waals surface area contributed by atoms with Crippen molar-refractivity contribution in [2.45, 2.75) is 4.90 Å². The van der Waals surface area contributed by atoms with Crippen LogP contribution >= 0.6 is 0 Å². The van der Waals surface area contributed by atoms with Gasteiger partial charge >= 0.3 is 0 Å². The maximum absolute atomic E-state index is 11.7. The van der Waals surface area contributed by atoms with E-state index in [1.807, 2.05) is 49.3 Å². The molecule has 4 aromatic rings. The highest BCUT2D eigenvalue weighted by molar-refractivity contribution is 7.90. The summed E-state index contributed by atoms with van der Waals surface area (Å²) >= 11 is 0. The second-order valence-corrected chi connectivity index (χ2v) is 8.89. The Morgan fingerprint density at radius 2 is 1.68 bits per heavy atom. The van der Waals surface area contributed by atoms with Gasteiger partial charge in [-0.25, -0.2) is 17.9 Å². The summed E-state index contributed by atoms with van der Waals surface area (Å²) < 4.78 is 25.2. The summed E-state index contributed by atoms with van der Waals surface area (Å²) in [5.74, 6) is 0. The summed E-state index contributed by atoms with van der Waals surface area (Å²) in [5.41, 5.74) is 5.34. The molecule has 0 N–H and O–H groups in total. The number of nitrogens with zero attached hydrogens (tertiary/aromatic N) is 4. The lowest BCUT2D eigenvalue weighted by molar-refractivity contribution is 0.602. The van der Waals surface area contributed by atoms with E-state index in [4.69, 9.17) is 5.10 Å². The lowest BCUT2D eigenvalue weighted by Crippen LogP contribution is -2.08. The van der Waals surface area contributed by atoms with E-state index in [2.05, 4.69) is 11.1 Å². The molecule has 0 bridgehead atoms. The highest BCUT2D eigenvalue weighted by atomic mass is 32.2. The van der Waals surface area contributed by atoms with Crippen molar-refractivity contribution in [2.75, 3.05) is 25.3 Å². The quantitative estimate of drug-likeness (QED) is 0.531. The van der Waals surface area contributed by atoms with Crippen LogP contribution < -0.4 is 4.90 Å². The Kier molecular flexibility index (Phi) is 4.39. The van der Waals surface area contributed by atoms with E-state index in [1.165, 1.54) is 6.26 Å². The smallest absolute Gasteiger partial charge is 0.175 e. The van der Waals surface area contributed by atoms with E-state index >= 15 is 0 Å². The van der Waals surface area contributed by atoms with Crippen molar-refractivity contribution in [1.29, 1.82) is 0 Å². The lowest BCUT2D eigenvalue weighted by atomic mass is 10.1. The molecule has 2 aromatic heterocycles. The minimum atomic E-state index is -3.23. The number of rotatable bonds is 4. The van der Waals surface area contributed by atoms with Crippen LogP contribution in [0.15, 0.2) is 71.8 Å². The molecule has 142 valence electrons. The lowest BCUT2D eigenvalue weighted by Gasteiger charge is -2.13. The topological polar surface area (TPSA) is 67.6 Å². The molecule has 2 heterocycles. The Hall–Kier alpha value is -3.19. The predicted molar refractivity (Wildman–Crippen MR) is 111 cm³/mol. The first-order chi connectivity index (χ1) is 13.3. The van der Waals surface area contributed by atoms with Gasteiger partial charge in [-0.3, -0.25) is 0 Å². The van der Waals surface area contributed by atoms with E-state index in [-0.39, 0.29) is 0 Å². The molecule has 6 nitrogen and oxygen atoms in total. The van der Waals surface area contributed by atoms with Gasteiger partial charge in [-0.2, -0.15) is 5.10 Å². The van der Waals surface area contributed by atoms with Crippen molar-refractivity contribution >= 4 is 21.2 Å². The Morgan fingerprint density at radius 3 is 2.36 bits per heavy atom. The van der Waals surface area contributed by atoms with E-state index < -0.39 is 9.84 Å². The van der Waals surface area contributed by atoms with Crippen LogP contribution in [0.2, 0.25) is 0 Å². The molecule has 4 rings (SSSR count). The molecule has 0 unspecified atom stereocenters. The molecule has 0 aliphatic carbocycles. The van der Waals surface area contributed by atoms with Crippen molar-refractivity contribution in [3.05, 3.63) is 66.9 Å². The first kappa shape index (κ1) is 18.2. The molecule has 0 saturated carbocycles. The van der Waals surface area contributed by atoms with Gasteiger partial charge in [0.25, 0.3) is 0 Å². The Labute approximate surface area is 164 Å². The predicted octanol–water partition coefficient (Wildman–Crippen LogP) is 3.53. The summed E-state index contributed by atoms with van der Waals surface area (Å²) in [6.45, 7) is 0. The third-order valence-electron chi connectivity index (χ3n) is 4.60. The molecule has 0 fully saturated rings. The van der Waals surface area contributed by atoms with Crippen LogP contribution in [0.25, 0.3) is 28.2 Å². The minimum absolute atomic E-state index is 0.291. The molecule has 7 heteroatoms. The van der Waals surface area contributed by atoms with E-state index in [9.17, 15) is 8.42 Å². The first-order valence-electron chi connectivity index (χ1n) is 8.76. The average molecular weight is 392 g/mol. The zero-order valence-electron chi connectivity index (χ0n) is 15.9. The van der Waals surface area contributed by atoms with Crippen molar-refractivity contribution < 1.29 is 8.42 Å². The van der Waals surface area contributed by atoms with Gasteiger partial charge in [0.05, 0.1) is 22.5 Å². The fraction of sp³-hybridized carbons (Fsp3) is 0.143. The van der Waals surface area contributed by atoms with Crippen LogP contribution in [-0.4, -0.2) is 43.4 Å². The molecule has 2 aromatic carbocycles. The van der Waals surface area contributed by atoms with Crippen LogP contribution in [0.5, 0.6) is 0 Å². The zero-order chi connectivity index (χ0) is 19.9. The fourth-order valence-corrected chi connectivity index (χ4v) is 3.67. The van der Waals surface area contributed by atoms with Crippen LogP contribution in [0, 0.1) is 0 Å². The molecule has 0 atom stereocenters. The SMILES string of the molecule is CN(C)c1cccc(-c2ccc3ncc(-c4ccc(S(C)(=O)=O)cc4)n3n2)c1. The molecule has 28 heavy (non-hydrogen) atoms. The van der Waals surface area contributed by atoms with Crippen molar-refractivity contribution in [3.8, 4) is 22.5 Å². The number of hydrogen-bond acceptors (Lipinski definition) is 5. The Balaban J connectivity index is 1.80. The summed E-state index contributed by atoms with van der Waals surface area (Å²) in [5, 5.41) is 4.77. The van der Waals surface area contributed by atoms with Crippen LogP contribution in [0.3, 0.4) is 0 Å². The van der Waals surface area contributed by atoms with Gasteiger partial charge in [0.15, 0.2) is 15.5 Å². The monoisotopic (exact) mass is 392 g/mol. The molecule has 0 amide bonds. The third kappa shape index (κ3) is 3.36. The number of aromatic nitrogens is 3. The zero-order valence-corrected chi connectivity index (χ0v) is 16.7. The van der Waals surface area contributed by atoms with Crippen molar-refractivity contribution in [3.63, 3.8) is 0 Å². The molecule has 0 radical (unpaired) electrons. The molecule has 0 aliphatic heterocycles. The number of anilines is 1. The second kappa shape index (κ2) is 6.76.